The lowest BCUT2D eigenvalue weighted by molar-refractivity contribution is -0.116. The van der Waals surface area contributed by atoms with E-state index in [4.69, 9.17) is 4.52 Å². The summed E-state index contributed by atoms with van der Waals surface area (Å²) in [5.41, 5.74) is 2.02. The van der Waals surface area contributed by atoms with E-state index in [2.05, 4.69) is 25.7 Å². The van der Waals surface area contributed by atoms with Crippen LogP contribution in [0.25, 0.3) is 11.4 Å². The van der Waals surface area contributed by atoms with Crippen molar-refractivity contribution in [2.45, 2.75) is 51.4 Å². The fourth-order valence-electron chi connectivity index (χ4n) is 3.52. The molecule has 1 aliphatic rings. The lowest BCUT2D eigenvalue weighted by atomic mass is 9.86. The minimum absolute atomic E-state index is 0.110. The molecule has 1 aliphatic carbocycles. The number of rotatable bonds is 7. The molecule has 27 heavy (non-hydrogen) atoms. The summed E-state index contributed by atoms with van der Waals surface area (Å²) in [7, 11) is 0. The summed E-state index contributed by atoms with van der Waals surface area (Å²) in [6.07, 6.45) is 8.28. The van der Waals surface area contributed by atoms with Gasteiger partial charge in [-0.15, -0.1) is 0 Å². The Labute approximate surface area is 161 Å². The summed E-state index contributed by atoms with van der Waals surface area (Å²) >= 11 is 1.58. The minimum atomic E-state index is -0.110. The molecule has 1 fully saturated rings. The molecule has 2 N–H and O–H groups in total. The molecule has 0 radical (unpaired) electrons. The standard InChI is InChI=1S/C19H23N5O2S/c25-17(6-7-18-21-19(24-26-18)14-8-9-27-12-14)20-16-11-15(22-23-16)10-13-4-2-1-3-5-13/h8-9,11-13H,1-7,10H2,(H2,20,22,23,25). The van der Waals surface area contributed by atoms with Crippen molar-refractivity contribution in [3.05, 3.63) is 34.5 Å². The second-order valence-corrected chi connectivity index (χ2v) is 7.84. The maximum absolute atomic E-state index is 12.2. The van der Waals surface area contributed by atoms with Gasteiger partial charge in [0.05, 0.1) is 0 Å². The van der Waals surface area contributed by atoms with Gasteiger partial charge < -0.3 is 9.84 Å². The smallest absolute Gasteiger partial charge is 0.227 e. The van der Waals surface area contributed by atoms with E-state index in [9.17, 15) is 4.79 Å². The Kier molecular flexibility index (Phi) is 5.62. The molecule has 0 unspecified atom stereocenters. The van der Waals surface area contributed by atoms with Crippen molar-refractivity contribution in [3.8, 4) is 11.4 Å². The molecule has 3 aromatic rings. The minimum Gasteiger partial charge on any atom is -0.339 e. The average molecular weight is 385 g/mol. The number of carbonyl (C=O) groups excluding carboxylic acids is 1. The van der Waals surface area contributed by atoms with Crippen LogP contribution < -0.4 is 5.32 Å². The average Bonchev–Trinajstić information content (AvgIpc) is 3.43. The first-order valence-electron chi connectivity index (χ1n) is 9.45. The lowest BCUT2D eigenvalue weighted by Gasteiger charge is -2.20. The van der Waals surface area contributed by atoms with Crippen LogP contribution in [-0.2, 0) is 17.6 Å². The number of nitrogens with one attached hydrogen (secondary N) is 2. The van der Waals surface area contributed by atoms with E-state index in [1.54, 1.807) is 11.3 Å². The van der Waals surface area contributed by atoms with E-state index in [0.29, 0.717) is 24.0 Å². The molecule has 8 heteroatoms. The van der Waals surface area contributed by atoms with Gasteiger partial charge in [0.1, 0.15) is 0 Å². The fourth-order valence-corrected chi connectivity index (χ4v) is 4.16. The molecule has 142 valence electrons. The number of carbonyl (C=O) groups is 1. The van der Waals surface area contributed by atoms with Crippen molar-refractivity contribution < 1.29 is 9.32 Å². The molecule has 0 atom stereocenters. The van der Waals surface area contributed by atoms with E-state index in [1.807, 2.05) is 22.9 Å². The van der Waals surface area contributed by atoms with Crippen LogP contribution in [0.1, 0.15) is 50.1 Å². The highest BCUT2D eigenvalue weighted by molar-refractivity contribution is 7.08. The Morgan fingerprint density at radius 1 is 1.33 bits per heavy atom. The van der Waals surface area contributed by atoms with Gasteiger partial charge in [0.25, 0.3) is 0 Å². The number of hydrogen-bond acceptors (Lipinski definition) is 6. The molecule has 0 aromatic carbocycles. The Bertz CT molecular complexity index is 864. The van der Waals surface area contributed by atoms with Gasteiger partial charge in [0, 0.05) is 35.5 Å². The molecule has 1 saturated carbocycles. The van der Waals surface area contributed by atoms with Crippen LogP contribution in [0.5, 0.6) is 0 Å². The largest absolute Gasteiger partial charge is 0.339 e. The third-order valence-electron chi connectivity index (χ3n) is 4.95. The zero-order valence-electron chi connectivity index (χ0n) is 15.1. The molecule has 3 aromatic heterocycles. The molecular formula is C19H23N5O2S. The van der Waals surface area contributed by atoms with Crippen molar-refractivity contribution in [3.63, 3.8) is 0 Å². The first-order chi connectivity index (χ1) is 13.3. The number of hydrogen-bond donors (Lipinski definition) is 2. The Hall–Kier alpha value is -2.48. The van der Waals surface area contributed by atoms with E-state index < -0.39 is 0 Å². The predicted octanol–water partition coefficient (Wildman–Crippen LogP) is 4.22. The topological polar surface area (TPSA) is 96.7 Å². The second kappa shape index (κ2) is 8.47. The van der Waals surface area contributed by atoms with E-state index in [1.165, 1.54) is 32.1 Å². The van der Waals surface area contributed by atoms with Gasteiger partial charge in [0.2, 0.25) is 17.6 Å². The van der Waals surface area contributed by atoms with Crippen LogP contribution in [0.2, 0.25) is 0 Å². The van der Waals surface area contributed by atoms with Crippen LogP contribution in [0.4, 0.5) is 5.82 Å². The predicted molar refractivity (Wildman–Crippen MR) is 103 cm³/mol. The molecular weight excluding hydrogens is 362 g/mol. The third kappa shape index (κ3) is 4.82. The van der Waals surface area contributed by atoms with E-state index in [0.717, 1.165) is 23.6 Å². The Morgan fingerprint density at radius 2 is 2.22 bits per heavy atom. The SMILES string of the molecule is O=C(CCc1nc(-c2ccsc2)no1)Nc1cc(CC2CCCCC2)[nH]n1. The number of nitrogens with zero attached hydrogens (tertiary/aromatic N) is 3. The maximum Gasteiger partial charge on any atom is 0.227 e. The Morgan fingerprint density at radius 3 is 3.04 bits per heavy atom. The molecule has 4 rings (SSSR count). The van der Waals surface area contributed by atoms with Crippen LogP contribution in [-0.4, -0.2) is 26.2 Å². The lowest BCUT2D eigenvalue weighted by Crippen LogP contribution is -2.12. The van der Waals surface area contributed by atoms with Crippen LogP contribution in [0, 0.1) is 5.92 Å². The van der Waals surface area contributed by atoms with Gasteiger partial charge in [-0.25, -0.2) is 0 Å². The summed E-state index contributed by atoms with van der Waals surface area (Å²) in [5.74, 6) is 2.23. The Balaban J connectivity index is 1.25. The van der Waals surface area contributed by atoms with E-state index >= 15 is 0 Å². The summed E-state index contributed by atoms with van der Waals surface area (Å²) in [4.78, 5) is 16.5. The van der Waals surface area contributed by atoms with Gasteiger partial charge in [-0.3, -0.25) is 9.89 Å². The van der Waals surface area contributed by atoms with Crippen LogP contribution >= 0.6 is 11.3 Å². The highest BCUT2D eigenvalue weighted by Gasteiger charge is 2.16. The molecule has 1 amide bonds. The first kappa shape index (κ1) is 17.9. The zero-order chi connectivity index (χ0) is 18.5. The fraction of sp³-hybridized carbons (Fsp3) is 0.474. The number of aromatic nitrogens is 4. The number of anilines is 1. The van der Waals surface area contributed by atoms with Gasteiger partial charge in [-0.05, 0) is 23.8 Å². The molecule has 0 aliphatic heterocycles. The molecule has 7 nitrogen and oxygen atoms in total. The molecule has 0 saturated heterocycles. The van der Waals surface area contributed by atoms with Crippen LogP contribution in [0.3, 0.4) is 0 Å². The second-order valence-electron chi connectivity index (χ2n) is 7.06. The van der Waals surface area contributed by atoms with Crippen molar-refractivity contribution in [1.29, 1.82) is 0 Å². The van der Waals surface area contributed by atoms with Gasteiger partial charge in [-0.1, -0.05) is 37.3 Å². The first-order valence-corrected chi connectivity index (χ1v) is 10.4. The monoisotopic (exact) mass is 385 g/mol. The van der Waals surface area contributed by atoms with Crippen molar-refractivity contribution in [1.82, 2.24) is 20.3 Å². The maximum atomic E-state index is 12.2. The number of aromatic amines is 1. The number of H-pyrrole nitrogens is 1. The third-order valence-corrected chi connectivity index (χ3v) is 5.63. The van der Waals surface area contributed by atoms with Crippen molar-refractivity contribution in [2.24, 2.45) is 5.92 Å². The van der Waals surface area contributed by atoms with Crippen molar-refractivity contribution >= 4 is 23.1 Å². The summed E-state index contributed by atoms with van der Waals surface area (Å²) in [5, 5.41) is 18.0. The number of thiophene rings is 1. The van der Waals surface area contributed by atoms with E-state index in [-0.39, 0.29) is 12.3 Å². The summed E-state index contributed by atoms with van der Waals surface area (Å²) in [6.45, 7) is 0. The van der Waals surface area contributed by atoms with Crippen LogP contribution in [0.15, 0.2) is 27.4 Å². The number of aryl methyl sites for hydroxylation is 1. The van der Waals surface area contributed by atoms with Gasteiger partial charge >= 0.3 is 0 Å². The van der Waals surface area contributed by atoms with Gasteiger partial charge in [-0.2, -0.15) is 21.4 Å². The zero-order valence-corrected chi connectivity index (χ0v) is 15.9. The highest BCUT2D eigenvalue weighted by atomic mass is 32.1. The molecule has 0 spiro atoms. The van der Waals surface area contributed by atoms with Crippen molar-refractivity contribution in [2.75, 3.05) is 5.32 Å². The highest BCUT2D eigenvalue weighted by Crippen LogP contribution is 2.26. The molecule has 0 bridgehead atoms. The normalized spacial score (nSPS) is 15.1. The summed E-state index contributed by atoms with van der Waals surface area (Å²) in [6, 6.07) is 3.88. The summed E-state index contributed by atoms with van der Waals surface area (Å²) < 4.78 is 5.22. The van der Waals surface area contributed by atoms with Gasteiger partial charge in [0.15, 0.2) is 5.82 Å². The quantitative estimate of drug-likeness (QED) is 0.635. The molecule has 3 heterocycles. The number of amides is 1.